The molecule has 2 heterocycles. The van der Waals surface area contributed by atoms with Crippen LogP contribution in [0.2, 0.25) is 0 Å². The fourth-order valence-corrected chi connectivity index (χ4v) is 3.60. The Morgan fingerprint density at radius 1 is 1.03 bits per heavy atom. The van der Waals surface area contributed by atoms with E-state index in [4.69, 9.17) is 0 Å². The van der Waals surface area contributed by atoms with Crippen molar-refractivity contribution in [3.8, 4) is 0 Å². The van der Waals surface area contributed by atoms with Crippen LogP contribution in [-0.4, -0.2) is 39.9 Å². The molecule has 0 unspecified atom stereocenters. The Labute approximate surface area is 171 Å². The fraction of sp³-hybridized carbons (Fsp3) is 0.261. The minimum absolute atomic E-state index is 0.0331. The van der Waals surface area contributed by atoms with Crippen LogP contribution < -0.4 is 10.6 Å². The van der Waals surface area contributed by atoms with Gasteiger partial charge >= 0.3 is 0 Å². The van der Waals surface area contributed by atoms with Crippen LogP contribution >= 0.6 is 0 Å². The molecule has 0 bridgehead atoms. The number of amides is 1. The van der Waals surface area contributed by atoms with E-state index in [0.29, 0.717) is 11.4 Å². The summed E-state index contributed by atoms with van der Waals surface area (Å²) in [5.74, 6) is 0.616. The van der Waals surface area contributed by atoms with E-state index in [1.54, 1.807) is 18.6 Å². The second kappa shape index (κ2) is 9.30. The highest BCUT2D eigenvalue weighted by atomic mass is 16.1. The lowest BCUT2D eigenvalue weighted by Gasteiger charge is -2.32. The normalized spacial score (nSPS) is 15.0. The van der Waals surface area contributed by atoms with Gasteiger partial charge in [0.25, 0.3) is 5.91 Å². The van der Waals surface area contributed by atoms with Crippen molar-refractivity contribution < 1.29 is 4.79 Å². The lowest BCUT2D eigenvalue weighted by atomic mass is 10.0. The first-order valence-corrected chi connectivity index (χ1v) is 9.96. The SMILES string of the molecule is O=C(NC1CCN(Cc2ccccc2)CC1)c1cccc(Nc2cnccn2)c1. The third kappa shape index (κ3) is 5.39. The summed E-state index contributed by atoms with van der Waals surface area (Å²) in [6, 6.07) is 18.2. The van der Waals surface area contributed by atoms with Gasteiger partial charge in [0.15, 0.2) is 0 Å². The van der Waals surface area contributed by atoms with Gasteiger partial charge in [-0.15, -0.1) is 0 Å². The fourth-order valence-electron chi connectivity index (χ4n) is 3.60. The molecule has 0 spiro atoms. The highest BCUT2D eigenvalue weighted by Gasteiger charge is 2.21. The van der Waals surface area contributed by atoms with E-state index in [0.717, 1.165) is 38.2 Å². The molecule has 148 valence electrons. The van der Waals surface area contributed by atoms with Crippen molar-refractivity contribution in [3.05, 3.63) is 84.3 Å². The van der Waals surface area contributed by atoms with Gasteiger partial charge in [0, 0.05) is 49.3 Å². The number of benzene rings is 2. The lowest BCUT2D eigenvalue weighted by molar-refractivity contribution is 0.0909. The summed E-state index contributed by atoms with van der Waals surface area (Å²) in [6.07, 6.45) is 6.84. The predicted molar refractivity (Wildman–Crippen MR) is 114 cm³/mol. The molecular weight excluding hydrogens is 362 g/mol. The molecule has 1 aliphatic heterocycles. The molecule has 1 amide bonds. The van der Waals surface area contributed by atoms with Crippen molar-refractivity contribution in [2.75, 3.05) is 18.4 Å². The summed E-state index contributed by atoms with van der Waals surface area (Å²) in [7, 11) is 0. The first-order chi connectivity index (χ1) is 14.3. The molecule has 1 saturated heterocycles. The van der Waals surface area contributed by atoms with E-state index < -0.39 is 0 Å². The molecule has 2 N–H and O–H groups in total. The molecule has 0 aliphatic carbocycles. The van der Waals surface area contributed by atoms with Crippen LogP contribution in [0.25, 0.3) is 0 Å². The van der Waals surface area contributed by atoms with Gasteiger partial charge < -0.3 is 10.6 Å². The molecule has 0 saturated carbocycles. The average molecular weight is 387 g/mol. The first kappa shape index (κ1) is 19.1. The summed E-state index contributed by atoms with van der Waals surface area (Å²) >= 11 is 0. The van der Waals surface area contributed by atoms with Crippen LogP contribution in [0.1, 0.15) is 28.8 Å². The quantitative estimate of drug-likeness (QED) is 0.676. The molecule has 6 heteroatoms. The van der Waals surface area contributed by atoms with Crippen LogP contribution in [0, 0.1) is 0 Å². The zero-order valence-corrected chi connectivity index (χ0v) is 16.3. The molecule has 3 aromatic rings. The minimum atomic E-state index is -0.0331. The second-order valence-corrected chi connectivity index (χ2v) is 7.31. The third-order valence-corrected chi connectivity index (χ3v) is 5.13. The van der Waals surface area contributed by atoms with Crippen LogP contribution in [0.4, 0.5) is 11.5 Å². The van der Waals surface area contributed by atoms with E-state index in [2.05, 4.69) is 49.8 Å². The van der Waals surface area contributed by atoms with Gasteiger partial charge in [-0.25, -0.2) is 4.98 Å². The number of hydrogen-bond donors (Lipinski definition) is 2. The number of likely N-dealkylation sites (tertiary alicyclic amines) is 1. The minimum Gasteiger partial charge on any atom is -0.349 e. The van der Waals surface area contributed by atoms with E-state index in [9.17, 15) is 4.79 Å². The molecular formula is C23H25N5O. The topological polar surface area (TPSA) is 70.2 Å². The van der Waals surface area contributed by atoms with Crippen molar-refractivity contribution in [1.82, 2.24) is 20.2 Å². The Kier molecular flexibility index (Phi) is 6.12. The van der Waals surface area contributed by atoms with Gasteiger partial charge in [0.2, 0.25) is 0 Å². The van der Waals surface area contributed by atoms with Crippen molar-refractivity contribution in [3.63, 3.8) is 0 Å². The summed E-state index contributed by atoms with van der Waals surface area (Å²) < 4.78 is 0. The number of anilines is 2. The smallest absolute Gasteiger partial charge is 0.251 e. The zero-order valence-electron chi connectivity index (χ0n) is 16.3. The van der Waals surface area contributed by atoms with E-state index in [1.807, 2.05) is 30.3 Å². The van der Waals surface area contributed by atoms with Gasteiger partial charge in [-0.1, -0.05) is 36.4 Å². The number of carbonyl (C=O) groups excluding carboxylic acids is 1. The maximum absolute atomic E-state index is 12.7. The van der Waals surface area contributed by atoms with E-state index >= 15 is 0 Å². The molecule has 0 radical (unpaired) electrons. The molecule has 2 aromatic carbocycles. The van der Waals surface area contributed by atoms with Gasteiger partial charge in [-0.3, -0.25) is 14.7 Å². The number of nitrogens with zero attached hydrogens (tertiary/aromatic N) is 3. The molecule has 29 heavy (non-hydrogen) atoms. The Hall–Kier alpha value is -3.25. The molecule has 1 fully saturated rings. The number of rotatable bonds is 6. The molecule has 6 nitrogen and oxygen atoms in total. The lowest BCUT2D eigenvalue weighted by Crippen LogP contribution is -2.44. The standard InChI is InChI=1S/C23H25N5O/c29-23(19-7-4-8-21(15-19)26-22-16-24-11-12-25-22)27-20-9-13-28(14-10-20)17-18-5-2-1-3-6-18/h1-8,11-12,15-16,20H,9-10,13-14,17H2,(H,25,26)(H,27,29). The molecule has 4 rings (SSSR count). The Morgan fingerprint density at radius 3 is 2.62 bits per heavy atom. The number of aromatic nitrogens is 2. The van der Waals surface area contributed by atoms with Crippen molar-refractivity contribution in [2.24, 2.45) is 0 Å². The number of piperidine rings is 1. The Balaban J connectivity index is 1.29. The van der Waals surface area contributed by atoms with Gasteiger partial charge in [0.05, 0.1) is 6.20 Å². The second-order valence-electron chi connectivity index (χ2n) is 7.31. The highest BCUT2D eigenvalue weighted by molar-refractivity contribution is 5.95. The molecule has 1 aliphatic rings. The molecule has 1 aromatic heterocycles. The number of carbonyl (C=O) groups is 1. The monoisotopic (exact) mass is 387 g/mol. The summed E-state index contributed by atoms with van der Waals surface area (Å²) in [5.41, 5.74) is 2.80. The van der Waals surface area contributed by atoms with Crippen molar-refractivity contribution in [1.29, 1.82) is 0 Å². The highest BCUT2D eigenvalue weighted by Crippen LogP contribution is 2.17. The van der Waals surface area contributed by atoms with Crippen LogP contribution in [0.15, 0.2) is 73.2 Å². The van der Waals surface area contributed by atoms with E-state index in [-0.39, 0.29) is 11.9 Å². The maximum atomic E-state index is 12.7. The largest absolute Gasteiger partial charge is 0.349 e. The summed E-state index contributed by atoms with van der Waals surface area (Å²) in [5, 5.41) is 6.36. The van der Waals surface area contributed by atoms with Crippen molar-refractivity contribution in [2.45, 2.75) is 25.4 Å². The van der Waals surface area contributed by atoms with Crippen molar-refractivity contribution >= 4 is 17.4 Å². The van der Waals surface area contributed by atoms with Crippen LogP contribution in [0.5, 0.6) is 0 Å². The predicted octanol–water partition coefficient (Wildman–Crippen LogP) is 3.61. The summed E-state index contributed by atoms with van der Waals surface area (Å²) in [4.78, 5) is 23.4. The van der Waals surface area contributed by atoms with Crippen LogP contribution in [0.3, 0.4) is 0 Å². The third-order valence-electron chi connectivity index (χ3n) is 5.13. The maximum Gasteiger partial charge on any atom is 0.251 e. The first-order valence-electron chi connectivity index (χ1n) is 9.96. The summed E-state index contributed by atoms with van der Waals surface area (Å²) in [6.45, 7) is 2.96. The van der Waals surface area contributed by atoms with Gasteiger partial charge in [-0.2, -0.15) is 0 Å². The van der Waals surface area contributed by atoms with Crippen LogP contribution in [-0.2, 0) is 6.54 Å². The van der Waals surface area contributed by atoms with Gasteiger partial charge in [-0.05, 0) is 36.6 Å². The zero-order chi connectivity index (χ0) is 19.9. The average Bonchev–Trinajstić information content (AvgIpc) is 2.77. The van der Waals surface area contributed by atoms with E-state index in [1.165, 1.54) is 5.56 Å². The number of hydrogen-bond acceptors (Lipinski definition) is 5. The Morgan fingerprint density at radius 2 is 1.86 bits per heavy atom. The number of nitrogens with one attached hydrogen (secondary N) is 2. The van der Waals surface area contributed by atoms with Gasteiger partial charge in [0.1, 0.15) is 5.82 Å². The molecule has 0 atom stereocenters. The Bertz CT molecular complexity index is 924.